The second-order valence-electron chi connectivity index (χ2n) is 4.99. The Morgan fingerprint density at radius 2 is 2.14 bits per heavy atom. The number of hydrogen-bond donors (Lipinski definition) is 3. The molecule has 2 rings (SSSR count). The van der Waals surface area contributed by atoms with Gasteiger partial charge in [0, 0.05) is 10.2 Å². The molecular formula is C15H19BrN3S2+. The van der Waals surface area contributed by atoms with E-state index in [0.29, 0.717) is 11.2 Å². The van der Waals surface area contributed by atoms with Crippen molar-refractivity contribution in [2.75, 3.05) is 26.0 Å². The van der Waals surface area contributed by atoms with Crippen LogP contribution in [0.4, 0.5) is 5.69 Å². The molecule has 1 heterocycles. The van der Waals surface area contributed by atoms with Gasteiger partial charge in [0.15, 0.2) is 5.11 Å². The van der Waals surface area contributed by atoms with Crippen LogP contribution in [-0.4, -0.2) is 25.8 Å². The topological polar surface area (TPSA) is 28.5 Å². The quantitative estimate of drug-likeness (QED) is 0.692. The standard InChI is InChI=1S/C15H18BrN3S2/c1-19(2)13(14-7-4-8-21-14)10-17-15(20)18-12-6-3-5-11(16)9-12/h3-9,13H,10H2,1-2H3,(H2,17,18,20)/p+1/t13-/m0/s1. The first kappa shape index (κ1) is 16.4. The van der Waals surface area contributed by atoms with Gasteiger partial charge in [0.1, 0.15) is 6.04 Å². The molecule has 2 aromatic rings. The summed E-state index contributed by atoms with van der Waals surface area (Å²) in [5.41, 5.74) is 0.978. The fourth-order valence-electron chi connectivity index (χ4n) is 2.02. The van der Waals surface area contributed by atoms with Gasteiger partial charge in [0.2, 0.25) is 0 Å². The molecule has 0 aliphatic heterocycles. The van der Waals surface area contributed by atoms with Crippen LogP contribution in [0.3, 0.4) is 0 Å². The van der Waals surface area contributed by atoms with Gasteiger partial charge >= 0.3 is 0 Å². The van der Waals surface area contributed by atoms with Crippen molar-refractivity contribution in [1.29, 1.82) is 0 Å². The van der Waals surface area contributed by atoms with E-state index in [9.17, 15) is 0 Å². The molecule has 0 aliphatic rings. The van der Waals surface area contributed by atoms with E-state index in [4.69, 9.17) is 12.2 Å². The molecule has 0 radical (unpaired) electrons. The zero-order valence-electron chi connectivity index (χ0n) is 12.0. The average molecular weight is 385 g/mol. The van der Waals surface area contributed by atoms with Gasteiger partial charge in [-0.15, -0.1) is 11.3 Å². The summed E-state index contributed by atoms with van der Waals surface area (Å²) >= 11 is 10.6. The Kier molecular flexibility index (Phi) is 6.17. The second kappa shape index (κ2) is 7.89. The number of thiophene rings is 1. The minimum absolute atomic E-state index is 0.396. The SMILES string of the molecule is C[NH+](C)[C@@H](CNC(=S)Nc1cccc(Br)c1)c1cccs1. The largest absolute Gasteiger partial charge is 0.356 e. The number of likely N-dealkylation sites (N-methyl/N-ethyl adjacent to an activating group) is 1. The highest BCUT2D eigenvalue weighted by atomic mass is 79.9. The number of hydrogen-bond acceptors (Lipinski definition) is 2. The lowest BCUT2D eigenvalue weighted by Crippen LogP contribution is -3.06. The van der Waals surface area contributed by atoms with Crippen molar-refractivity contribution in [3.63, 3.8) is 0 Å². The zero-order valence-corrected chi connectivity index (χ0v) is 15.2. The van der Waals surface area contributed by atoms with E-state index in [1.807, 2.05) is 24.3 Å². The molecule has 0 unspecified atom stereocenters. The highest BCUT2D eigenvalue weighted by molar-refractivity contribution is 9.10. The Labute approximate surface area is 143 Å². The van der Waals surface area contributed by atoms with Crippen LogP contribution in [0.25, 0.3) is 0 Å². The van der Waals surface area contributed by atoms with Gasteiger partial charge in [-0.05, 0) is 41.9 Å². The van der Waals surface area contributed by atoms with Crippen molar-refractivity contribution in [2.24, 2.45) is 0 Å². The third kappa shape index (κ3) is 5.07. The van der Waals surface area contributed by atoms with Gasteiger partial charge in [0.05, 0.1) is 25.5 Å². The minimum Gasteiger partial charge on any atom is -0.356 e. The zero-order chi connectivity index (χ0) is 15.2. The molecule has 112 valence electrons. The second-order valence-corrected chi connectivity index (χ2v) is 7.29. The Hall–Kier alpha value is -0.950. The van der Waals surface area contributed by atoms with Gasteiger partial charge in [-0.2, -0.15) is 0 Å². The Morgan fingerprint density at radius 1 is 1.33 bits per heavy atom. The van der Waals surface area contributed by atoms with Gasteiger partial charge in [-0.3, -0.25) is 0 Å². The summed E-state index contributed by atoms with van der Waals surface area (Å²) < 4.78 is 1.03. The van der Waals surface area contributed by atoms with Gasteiger partial charge in [-0.1, -0.05) is 28.1 Å². The van der Waals surface area contributed by atoms with Crippen LogP contribution < -0.4 is 15.5 Å². The maximum Gasteiger partial charge on any atom is 0.171 e. The van der Waals surface area contributed by atoms with Gasteiger partial charge in [-0.25, -0.2) is 0 Å². The lowest BCUT2D eigenvalue weighted by molar-refractivity contribution is -0.890. The van der Waals surface area contributed by atoms with E-state index in [1.165, 1.54) is 9.78 Å². The van der Waals surface area contributed by atoms with E-state index in [-0.39, 0.29) is 0 Å². The first-order chi connectivity index (χ1) is 10.1. The lowest BCUT2D eigenvalue weighted by atomic mass is 10.2. The number of halogens is 1. The Bertz CT molecular complexity index is 584. The fraction of sp³-hybridized carbons (Fsp3) is 0.267. The maximum absolute atomic E-state index is 5.37. The highest BCUT2D eigenvalue weighted by Gasteiger charge is 2.18. The van der Waals surface area contributed by atoms with Crippen molar-refractivity contribution < 1.29 is 4.90 Å². The molecule has 6 heteroatoms. The molecule has 21 heavy (non-hydrogen) atoms. The number of anilines is 1. The van der Waals surface area contributed by atoms with Gasteiger partial charge < -0.3 is 15.5 Å². The van der Waals surface area contributed by atoms with E-state index in [0.717, 1.165) is 16.7 Å². The minimum atomic E-state index is 0.396. The highest BCUT2D eigenvalue weighted by Crippen LogP contribution is 2.17. The summed E-state index contributed by atoms with van der Waals surface area (Å²) in [6, 6.07) is 12.6. The number of benzene rings is 1. The molecular weight excluding hydrogens is 366 g/mol. The predicted molar refractivity (Wildman–Crippen MR) is 98.2 cm³/mol. The molecule has 0 bridgehead atoms. The Balaban J connectivity index is 1.90. The third-order valence-corrected chi connectivity index (χ3v) is 4.86. The van der Waals surface area contributed by atoms with Crippen LogP contribution in [0.2, 0.25) is 0 Å². The molecule has 3 N–H and O–H groups in total. The molecule has 3 nitrogen and oxygen atoms in total. The normalized spacial score (nSPS) is 12.2. The average Bonchev–Trinajstić information content (AvgIpc) is 2.92. The van der Waals surface area contributed by atoms with Crippen LogP contribution in [0.1, 0.15) is 10.9 Å². The first-order valence-electron chi connectivity index (χ1n) is 6.70. The van der Waals surface area contributed by atoms with Crippen LogP contribution in [0.5, 0.6) is 0 Å². The van der Waals surface area contributed by atoms with Crippen LogP contribution >= 0.6 is 39.5 Å². The van der Waals surface area contributed by atoms with Crippen LogP contribution in [0.15, 0.2) is 46.3 Å². The molecule has 1 atom stereocenters. The van der Waals surface area contributed by atoms with Crippen molar-refractivity contribution in [2.45, 2.75) is 6.04 Å². The van der Waals surface area contributed by atoms with E-state index < -0.39 is 0 Å². The van der Waals surface area contributed by atoms with Crippen LogP contribution in [-0.2, 0) is 0 Å². The molecule has 0 saturated carbocycles. The molecule has 1 aromatic carbocycles. The molecule has 0 amide bonds. The smallest absolute Gasteiger partial charge is 0.171 e. The summed E-state index contributed by atoms with van der Waals surface area (Å²) in [6.45, 7) is 0.808. The summed E-state index contributed by atoms with van der Waals surface area (Å²) in [5, 5.41) is 9.28. The third-order valence-electron chi connectivity index (χ3n) is 3.13. The van der Waals surface area contributed by atoms with Crippen LogP contribution in [0, 0.1) is 0 Å². The summed E-state index contributed by atoms with van der Waals surface area (Å²) in [6.07, 6.45) is 0. The first-order valence-corrected chi connectivity index (χ1v) is 8.78. The van der Waals surface area contributed by atoms with Crippen molar-refractivity contribution >= 4 is 50.3 Å². The van der Waals surface area contributed by atoms with E-state index >= 15 is 0 Å². The molecule has 0 fully saturated rings. The number of nitrogens with one attached hydrogen (secondary N) is 3. The fourth-order valence-corrected chi connectivity index (χ4v) is 3.57. The summed E-state index contributed by atoms with van der Waals surface area (Å²) in [7, 11) is 4.33. The molecule has 0 aliphatic carbocycles. The predicted octanol–water partition coefficient (Wildman–Crippen LogP) is 2.68. The molecule has 0 spiro atoms. The monoisotopic (exact) mass is 384 g/mol. The Morgan fingerprint density at radius 3 is 2.76 bits per heavy atom. The summed E-state index contributed by atoms with van der Waals surface area (Å²) in [5.74, 6) is 0. The maximum atomic E-state index is 5.37. The number of rotatable bonds is 5. The number of quaternary nitrogens is 1. The van der Waals surface area contributed by atoms with Crippen molar-refractivity contribution in [1.82, 2.24) is 5.32 Å². The van der Waals surface area contributed by atoms with Crippen molar-refractivity contribution in [3.05, 3.63) is 51.1 Å². The molecule has 0 saturated heterocycles. The van der Waals surface area contributed by atoms with Gasteiger partial charge in [0.25, 0.3) is 0 Å². The van der Waals surface area contributed by atoms with E-state index in [1.54, 1.807) is 11.3 Å². The summed E-state index contributed by atoms with van der Waals surface area (Å²) in [4.78, 5) is 2.75. The van der Waals surface area contributed by atoms with Crippen molar-refractivity contribution in [3.8, 4) is 0 Å². The number of thiocarbonyl (C=S) groups is 1. The molecule has 1 aromatic heterocycles. The lowest BCUT2D eigenvalue weighted by Gasteiger charge is -2.21. The van der Waals surface area contributed by atoms with E-state index in [2.05, 4.69) is 58.2 Å².